The first-order valence-corrected chi connectivity index (χ1v) is 6.22. The van der Waals surface area contributed by atoms with Gasteiger partial charge in [0.05, 0.1) is 5.69 Å². The highest BCUT2D eigenvalue weighted by Gasteiger charge is 2.52. The van der Waals surface area contributed by atoms with E-state index >= 15 is 0 Å². The molecular weight excluding hydrogens is 246 g/mol. The molecule has 2 fully saturated rings. The van der Waals surface area contributed by atoms with Crippen molar-refractivity contribution in [3.05, 3.63) is 24.3 Å². The largest absolute Gasteiger partial charge is 0.399 e. The molecule has 0 atom stereocenters. The molecule has 2 saturated heterocycles. The van der Waals surface area contributed by atoms with Gasteiger partial charge in [0.2, 0.25) is 0 Å². The Bertz CT molecular complexity index is 538. The average Bonchev–Trinajstić information content (AvgIpc) is 2.62. The number of hydrogen-bond acceptors (Lipinski definition) is 4. The summed E-state index contributed by atoms with van der Waals surface area (Å²) >= 11 is 0. The zero-order valence-corrected chi connectivity index (χ0v) is 10.4. The van der Waals surface area contributed by atoms with Crippen LogP contribution < -0.4 is 16.0 Å². The molecule has 6 heteroatoms. The number of urea groups is 1. The Kier molecular flexibility index (Phi) is 2.67. The molecule has 100 valence electrons. The fourth-order valence-electron chi connectivity index (χ4n) is 2.58. The Labute approximate surface area is 110 Å². The number of nitrogens with zero attached hydrogens (tertiary/aromatic N) is 1. The number of nitrogens with two attached hydrogens (primary N) is 1. The SMILES string of the molecule is Nc1cccc(N2C(=O)NC3(CCOCC3)C2=O)c1. The van der Waals surface area contributed by atoms with Crippen LogP contribution >= 0.6 is 0 Å². The van der Waals surface area contributed by atoms with Gasteiger partial charge in [0.1, 0.15) is 5.54 Å². The van der Waals surface area contributed by atoms with Crippen LogP contribution in [-0.2, 0) is 9.53 Å². The molecule has 3 amide bonds. The van der Waals surface area contributed by atoms with Gasteiger partial charge < -0.3 is 15.8 Å². The second-order valence-electron chi connectivity index (χ2n) is 4.86. The van der Waals surface area contributed by atoms with E-state index in [-0.39, 0.29) is 5.91 Å². The van der Waals surface area contributed by atoms with Crippen LogP contribution in [0.2, 0.25) is 0 Å². The van der Waals surface area contributed by atoms with Crippen molar-refractivity contribution in [2.45, 2.75) is 18.4 Å². The number of rotatable bonds is 1. The fourth-order valence-corrected chi connectivity index (χ4v) is 2.58. The van der Waals surface area contributed by atoms with Crippen LogP contribution in [0.15, 0.2) is 24.3 Å². The van der Waals surface area contributed by atoms with Crippen molar-refractivity contribution < 1.29 is 14.3 Å². The first-order valence-electron chi connectivity index (χ1n) is 6.22. The van der Waals surface area contributed by atoms with Crippen molar-refractivity contribution in [1.29, 1.82) is 0 Å². The lowest BCUT2D eigenvalue weighted by Crippen LogP contribution is -2.51. The number of benzene rings is 1. The van der Waals surface area contributed by atoms with Gasteiger partial charge in [-0.15, -0.1) is 0 Å². The second kappa shape index (κ2) is 4.24. The second-order valence-corrected chi connectivity index (χ2v) is 4.86. The van der Waals surface area contributed by atoms with E-state index in [1.54, 1.807) is 24.3 Å². The molecule has 2 aliphatic rings. The van der Waals surface area contributed by atoms with Crippen molar-refractivity contribution in [2.75, 3.05) is 23.8 Å². The Morgan fingerprint density at radius 1 is 1.26 bits per heavy atom. The molecule has 0 unspecified atom stereocenters. The average molecular weight is 261 g/mol. The van der Waals surface area contributed by atoms with Crippen LogP contribution in [0, 0.1) is 0 Å². The summed E-state index contributed by atoms with van der Waals surface area (Å²) < 4.78 is 5.26. The first-order chi connectivity index (χ1) is 9.12. The normalized spacial score (nSPS) is 21.8. The number of anilines is 2. The number of ether oxygens (including phenoxy) is 1. The zero-order valence-electron chi connectivity index (χ0n) is 10.4. The fraction of sp³-hybridized carbons (Fsp3) is 0.385. The highest BCUT2D eigenvalue weighted by molar-refractivity contribution is 6.23. The highest BCUT2D eigenvalue weighted by atomic mass is 16.5. The number of amides is 3. The molecule has 6 nitrogen and oxygen atoms in total. The minimum absolute atomic E-state index is 0.216. The monoisotopic (exact) mass is 261 g/mol. The van der Waals surface area contributed by atoms with Crippen molar-refractivity contribution in [1.82, 2.24) is 5.32 Å². The van der Waals surface area contributed by atoms with Gasteiger partial charge in [-0.25, -0.2) is 9.69 Å². The summed E-state index contributed by atoms with van der Waals surface area (Å²) in [4.78, 5) is 25.8. The molecule has 2 aliphatic heterocycles. The molecule has 0 bridgehead atoms. The molecule has 3 N–H and O–H groups in total. The van der Waals surface area contributed by atoms with Gasteiger partial charge in [0, 0.05) is 31.7 Å². The third-order valence-electron chi connectivity index (χ3n) is 3.64. The van der Waals surface area contributed by atoms with Crippen LogP contribution in [-0.4, -0.2) is 30.7 Å². The summed E-state index contributed by atoms with van der Waals surface area (Å²) in [6, 6.07) is 6.37. The highest BCUT2D eigenvalue weighted by Crippen LogP contribution is 2.32. The van der Waals surface area contributed by atoms with E-state index in [1.165, 1.54) is 4.90 Å². The van der Waals surface area contributed by atoms with Gasteiger partial charge in [0.15, 0.2) is 0 Å². The van der Waals surface area contributed by atoms with E-state index in [1.807, 2.05) is 0 Å². The van der Waals surface area contributed by atoms with E-state index in [2.05, 4.69) is 5.32 Å². The maximum Gasteiger partial charge on any atom is 0.329 e. The summed E-state index contributed by atoms with van der Waals surface area (Å²) in [5.74, 6) is -0.216. The molecule has 0 aromatic heterocycles. The topological polar surface area (TPSA) is 84.7 Å². The summed E-state index contributed by atoms with van der Waals surface area (Å²) in [6.07, 6.45) is 1.02. The molecule has 3 rings (SSSR count). The number of carbonyl (C=O) groups excluding carboxylic acids is 2. The maximum atomic E-state index is 12.6. The predicted octanol–water partition coefficient (Wildman–Crippen LogP) is 0.874. The molecule has 0 saturated carbocycles. The Hall–Kier alpha value is -2.08. The number of nitrogens with one attached hydrogen (secondary N) is 1. The molecule has 0 aliphatic carbocycles. The molecule has 1 aromatic rings. The number of carbonyl (C=O) groups is 2. The Morgan fingerprint density at radius 2 is 2.00 bits per heavy atom. The van der Waals surface area contributed by atoms with Crippen LogP contribution in [0.4, 0.5) is 16.2 Å². The van der Waals surface area contributed by atoms with Crippen LogP contribution in [0.5, 0.6) is 0 Å². The van der Waals surface area contributed by atoms with E-state index < -0.39 is 11.6 Å². The molecule has 1 spiro atoms. The van der Waals surface area contributed by atoms with Gasteiger partial charge in [-0.05, 0) is 18.2 Å². The van der Waals surface area contributed by atoms with E-state index in [0.717, 1.165) is 0 Å². The van der Waals surface area contributed by atoms with Crippen LogP contribution in [0.1, 0.15) is 12.8 Å². The van der Waals surface area contributed by atoms with Crippen molar-refractivity contribution in [3.8, 4) is 0 Å². The van der Waals surface area contributed by atoms with E-state index in [9.17, 15) is 9.59 Å². The minimum Gasteiger partial charge on any atom is -0.399 e. The summed E-state index contributed by atoms with van der Waals surface area (Å²) in [5, 5.41) is 2.80. The van der Waals surface area contributed by atoms with Crippen molar-refractivity contribution >= 4 is 23.3 Å². The van der Waals surface area contributed by atoms with Crippen molar-refractivity contribution in [2.24, 2.45) is 0 Å². The number of hydrogen-bond donors (Lipinski definition) is 2. The Balaban J connectivity index is 1.95. The number of imide groups is 1. The quantitative estimate of drug-likeness (QED) is 0.580. The molecule has 0 radical (unpaired) electrons. The Morgan fingerprint density at radius 3 is 2.68 bits per heavy atom. The van der Waals surface area contributed by atoms with Crippen molar-refractivity contribution in [3.63, 3.8) is 0 Å². The van der Waals surface area contributed by atoms with Crippen LogP contribution in [0.25, 0.3) is 0 Å². The maximum absolute atomic E-state index is 12.6. The molecular formula is C13H15N3O3. The summed E-state index contributed by atoms with van der Waals surface area (Å²) in [7, 11) is 0. The standard InChI is InChI=1S/C13H15N3O3/c14-9-2-1-3-10(8-9)16-11(17)13(15-12(16)18)4-6-19-7-5-13/h1-3,8H,4-7,14H2,(H,15,18). The number of nitrogen functional groups attached to an aromatic ring is 1. The first kappa shape index (κ1) is 12.0. The van der Waals surface area contributed by atoms with E-state index in [0.29, 0.717) is 37.4 Å². The summed E-state index contributed by atoms with van der Waals surface area (Å²) in [5.41, 5.74) is 5.92. The van der Waals surface area contributed by atoms with Crippen LogP contribution in [0.3, 0.4) is 0 Å². The third-order valence-corrected chi connectivity index (χ3v) is 3.64. The van der Waals surface area contributed by atoms with Gasteiger partial charge >= 0.3 is 6.03 Å². The van der Waals surface area contributed by atoms with Gasteiger partial charge in [-0.2, -0.15) is 0 Å². The third kappa shape index (κ3) is 1.84. The summed E-state index contributed by atoms with van der Waals surface area (Å²) in [6.45, 7) is 0.966. The van der Waals surface area contributed by atoms with E-state index in [4.69, 9.17) is 10.5 Å². The zero-order chi connectivity index (χ0) is 13.5. The lowest BCUT2D eigenvalue weighted by atomic mass is 9.90. The van der Waals surface area contributed by atoms with Gasteiger partial charge in [0.25, 0.3) is 5.91 Å². The minimum atomic E-state index is -0.806. The lowest BCUT2D eigenvalue weighted by Gasteiger charge is -2.30. The molecule has 2 heterocycles. The van der Waals surface area contributed by atoms with Gasteiger partial charge in [-0.1, -0.05) is 6.07 Å². The smallest absolute Gasteiger partial charge is 0.329 e. The molecule has 19 heavy (non-hydrogen) atoms. The van der Waals surface area contributed by atoms with Gasteiger partial charge in [-0.3, -0.25) is 4.79 Å². The predicted molar refractivity (Wildman–Crippen MR) is 69.7 cm³/mol. The lowest BCUT2D eigenvalue weighted by molar-refractivity contribution is -0.125. The molecule has 1 aromatic carbocycles.